The zero-order valence-electron chi connectivity index (χ0n) is 14.2. The van der Waals surface area contributed by atoms with Crippen molar-refractivity contribution in [3.63, 3.8) is 0 Å². The SMILES string of the molecule is O=S(=O)(CCCN1c2cccc3cccc(c23)S1(=O)=O)c1ccc(Cl)cc1. The molecule has 0 aromatic heterocycles. The summed E-state index contributed by atoms with van der Waals surface area (Å²) in [5, 5.41) is 2.01. The number of benzene rings is 3. The molecular formula is C19H16ClNO4S2. The summed E-state index contributed by atoms with van der Waals surface area (Å²) < 4.78 is 52.0. The Bertz CT molecular complexity index is 1230. The van der Waals surface area contributed by atoms with Crippen molar-refractivity contribution in [3.8, 4) is 0 Å². The monoisotopic (exact) mass is 421 g/mol. The summed E-state index contributed by atoms with van der Waals surface area (Å²) in [4.78, 5) is 0.456. The highest BCUT2D eigenvalue weighted by atomic mass is 35.5. The number of nitrogens with zero attached hydrogens (tertiary/aromatic N) is 1. The van der Waals surface area contributed by atoms with E-state index in [0.717, 1.165) is 5.39 Å². The number of halogens is 1. The molecule has 140 valence electrons. The molecule has 1 aliphatic rings. The lowest BCUT2D eigenvalue weighted by molar-refractivity contribution is 0.586. The first kappa shape index (κ1) is 18.3. The standard InChI is InChI=1S/C19H16ClNO4S2/c20-15-8-10-16(11-9-15)26(22,23)13-3-12-21-17-6-1-4-14-5-2-7-18(19(14)17)27(21,24)25/h1-2,4-11H,3,12-13H2. The van der Waals surface area contributed by atoms with E-state index in [9.17, 15) is 16.8 Å². The van der Waals surface area contributed by atoms with Gasteiger partial charge >= 0.3 is 0 Å². The molecule has 4 rings (SSSR count). The summed E-state index contributed by atoms with van der Waals surface area (Å²) in [5.74, 6) is -0.146. The maximum absolute atomic E-state index is 12.9. The second kappa shape index (κ2) is 6.51. The van der Waals surface area contributed by atoms with E-state index >= 15 is 0 Å². The average Bonchev–Trinajstić information content (AvgIpc) is 2.85. The Hall–Kier alpha value is -2.09. The zero-order valence-corrected chi connectivity index (χ0v) is 16.6. The Balaban J connectivity index is 1.58. The number of sulfonamides is 1. The van der Waals surface area contributed by atoms with Crippen LogP contribution >= 0.6 is 11.6 Å². The lowest BCUT2D eigenvalue weighted by Gasteiger charge is -2.18. The van der Waals surface area contributed by atoms with Gasteiger partial charge in [-0.15, -0.1) is 0 Å². The predicted octanol–water partition coefficient (Wildman–Crippen LogP) is 3.87. The molecule has 0 bridgehead atoms. The highest BCUT2D eigenvalue weighted by Crippen LogP contribution is 2.41. The van der Waals surface area contributed by atoms with E-state index in [1.807, 2.05) is 12.1 Å². The van der Waals surface area contributed by atoms with Crippen LogP contribution in [0.4, 0.5) is 5.69 Å². The molecule has 3 aromatic carbocycles. The molecular weight excluding hydrogens is 406 g/mol. The van der Waals surface area contributed by atoms with Crippen molar-refractivity contribution in [1.29, 1.82) is 0 Å². The van der Waals surface area contributed by atoms with Crippen molar-refractivity contribution in [1.82, 2.24) is 0 Å². The Morgan fingerprint density at radius 2 is 1.59 bits per heavy atom. The van der Waals surface area contributed by atoms with E-state index in [1.54, 1.807) is 24.3 Å². The second-order valence-corrected chi connectivity index (χ2v) is 10.7. The van der Waals surface area contributed by atoms with Gasteiger partial charge in [0.15, 0.2) is 9.84 Å². The zero-order chi connectivity index (χ0) is 19.2. The molecule has 0 N–H and O–H groups in total. The fourth-order valence-corrected chi connectivity index (χ4v) is 6.53. The molecule has 8 heteroatoms. The molecule has 27 heavy (non-hydrogen) atoms. The molecule has 3 aromatic rings. The van der Waals surface area contributed by atoms with Crippen LogP contribution in [-0.4, -0.2) is 29.1 Å². The van der Waals surface area contributed by atoms with Crippen LogP contribution in [0, 0.1) is 0 Å². The van der Waals surface area contributed by atoms with Gasteiger partial charge in [0, 0.05) is 17.0 Å². The van der Waals surface area contributed by atoms with Gasteiger partial charge in [-0.05, 0) is 48.2 Å². The van der Waals surface area contributed by atoms with E-state index in [-0.39, 0.29) is 28.5 Å². The minimum absolute atomic E-state index is 0.100. The summed E-state index contributed by atoms with van der Waals surface area (Å²) in [7, 11) is -7.17. The molecule has 1 aliphatic heterocycles. The molecule has 0 fully saturated rings. The summed E-state index contributed by atoms with van der Waals surface area (Å²) >= 11 is 5.80. The summed E-state index contributed by atoms with van der Waals surface area (Å²) in [6.07, 6.45) is 0.189. The van der Waals surface area contributed by atoms with Gasteiger partial charge in [-0.1, -0.05) is 35.9 Å². The molecule has 0 aliphatic carbocycles. The molecule has 0 saturated carbocycles. The first-order valence-corrected chi connectivity index (χ1v) is 11.8. The fraction of sp³-hybridized carbons (Fsp3) is 0.158. The third-order valence-electron chi connectivity index (χ3n) is 4.63. The van der Waals surface area contributed by atoms with Gasteiger partial charge in [0.1, 0.15) is 0 Å². The molecule has 0 spiro atoms. The molecule has 0 amide bonds. The van der Waals surface area contributed by atoms with Gasteiger partial charge in [0.25, 0.3) is 10.0 Å². The van der Waals surface area contributed by atoms with E-state index < -0.39 is 19.9 Å². The van der Waals surface area contributed by atoms with Crippen molar-refractivity contribution in [2.45, 2.75) is 16.2 Å². The van der Waals surface area contributed by atoms with Crippen LogP contribution in [0.2, 0.25) is 5.02 Å². The van der Waals surface area contributed by atoms with Crippen molar-refractivity contribution < 1.29 is 16.8 Å². The van der Waals surface area contributed by atoms with Gasteiger partial charge in [0.05, 0.1) is 21.2 Å². The number of hydrogen-bond acceptors (Lipinski definition) is 4. The largest absolute Gasteiger partial charge is 0.266 e. The second-order valence-electron chi connectivity index (χ2n) is 6.33. The van der Waals surface area contributed by atoms with E-state index in [2.05, 4.69) is 0 Å². The average molecular weight is 422 g/mol. The van der Waals surface area contributed by atoms with Crippen molar-refractivity contribution in [2.75, 3.05) is 16.6 Å². The smallest absolute Gasteiger partial charge is 0.265 e. The third-order valence-corrected chi connectivity index (χ3v) is 8.55. The van der Waals surface area contributed by atoms with Crippen LogP contribution in [0.3, 0.4) is 0 Å². The van der Waals surface area contributed by atoms with Gasteiger partial charge in [0.2, 0.25) is 0 Å². The number of sulfone groups is 1. The summed E-state index contributed by atoms with van der Waals surface area (Å²) in [6.45, 7) is 0.100. The minimum Gasteiger partial charge on any atom is -0.266 e. The molecule has 5 nitrogen and oxygen atoms in total. The highest BCUT2D eigenvalue weighted by Gasteiger charge is 2.35. The van der Waals surface area contributed by atoms with E-state index in [0.29, 0.717) is 16.1 Å². The van der Waals surface area contributed by atoms with Crippen LogP contribution < -0.4 is 4.31 Å². The van der Waals surface area contributed by atoms with Crippen LogP contribution in [0.15, 0.2) is 70.5 Å². The van der Waals surface area contributed by atoms with Crippen LogP contribution in [0.5, 0.6) is 0 Å². The summed E-state index contributed by atoms with van der Waals surface area (Å²) in [5.41, 5.74) is 0.604. The highest BCUT2D eigenvalue weighted by molar-refractivity contribution is 7.93. The fourth-order valence-electron chi connectivity index (χ4n) is 3.36. The number of rotatable bonds is 5. The molecule has 1 heterocycles. The lowest BCUT2D eigenvalue weighted by atomic mass is 10.1. The molecule has 0 atom stereocenters. The van der Waals surface area contributed by atoms with Crippen molar-refractivity contribution >= 4 is 47.9 Å². The van der Waals surface area contributed by atoms with Gasteiger partial charge < -0.3 is 0 Å². The third kappa shape index (κ3) is 3.09. The maximum atomic E-state index is 12.9. The van der Waals surface area contributed by atoms with Gasteiger partial charge in [-0.2, -0.15) is 0 Å². The number of hydrogen-bond donors (Lipinski definition) is 0. The van der Waals surface area contributed by atoms with Crippen molar-refractivity contribution in [3.05, 3.63) is 65.7 Å². The Kier molecular flexibility index (Phi) is 4.41. The molecule has 0 unspecified atom stereocenters. The van der Waals surface area contributed by atoms with Crippen molar-refractivity contribution in [2.24, 2.45) is 0 Å². The van der Waals surface area contributed by atoms with Crippen LogP contribution in [0.25, 0.3) is 10.8 Å². The lowest BCUT2D eigenvalue weighted by Crippen LogP contribution is -2.29. The first-order valence-electron chi connectivity index (χ1n) is 8.33. The topological polar surface area (TPSA) is 71.5 Å². The quantitative estimate of drug-likeness (QED) is 0.627. The molecule has 0 radical (unpaired) electrons. The molecule has 0 saturated heterocycles. The maximum Gasteiger partial charge on any atom is 0.265 e. The Labute approximate surface area is 163 Å². The van der Waals surface area contributed by atoms with E-state index in [4.69, 9.17) is 11.6 Å². The Morgan fingerprint density at radius 3 is 2.30 bits per heavy atom. The normalized spacial score (nSPS) is 15.4. The van der Waals surface area contributed by atoms with Gasteiger partial charge in [-0.25, -0.2) is 16.8 Å². The van der Waals surface area contributed by atoms with Crippen LogP contribution in [0.1, 0.15) is 6.42 Å². The predicted molar refractivity (Wildman–Crippen MR) is 107 cm³/mol. The summed E-state index contributed by atoms with van der Waals surface area (Å²) in [6, 6.07) is 16.6. The van der Waals surface area contributed by atoms with E-state index in [1.165, 1.54) is 28.6 Å². The minimum atomic E-state index is -3.67. The van der Waals surface area contributed by atoms with Gasteiger partial charge in [-0.3, -0.25) is 4.31 Å². The Morgan fingerprint density at radius 1 is 0.926 bits per heavy atom. The van der Waals surface area contributed by atoms with Crippen LogP contribution in [-0.2, 0) is 19.9 Å². The first-order chi connectivity index (χ1) is 12.8. The number of anilines is 1.